The van der Waals surface area contributed by atoms with Gasteiger partial charge in [-0.05, 0) is 81.6 Å². The third-order valence-electron chi connectivity index (χ3n) is 11.6. The first kappa shape index (κ1) is 30.5. The van der Waals surface area contributed by atoms with E-state index in [0.29, 0.717) is 4.05 Å². The van der Waals surface area contributed by atoms with E-state index in [4.69, 9.17) is 0 Å². The van der Waals surface area contributed by atoms with Crippen LogP contribution in [0.2, 0.25) is 13.1 Å². The van der Waals surface area contributed by atoms with E-state index in [1.54, 1.807) is 27.4 Å². The molecule has 228 valence electrons. The van der Waals surface area contributed by atoms with Crippen molar-refractivity contribution in [2.75, 3.05) is 0 Å². The molecule has 1 atom stereocenters. The van der Waals surface area contributed by atoms with Crippen LogP contribution in [0.4, 0.5) is 0 Å². The Kier molecular flexibility index (Phi) is 8.88. The molecule has 0 bridgehead atoms. The third-order valence-corrected chi connectivity index (χ3v) is 15.6. The molecule has 2 saturated carbocycles. The highest BCUT2D eigenvalue weighted by molar-refractivity contribution is 6.80. The zero-order valence-corrected chi connectivity index (χ0v) is 30.2. The summed E-state index contributed by atoms with van der Waals surface area (Å²) in [6.45, 7) is 5.15. The largest absolute Gasteiger partial charge is 0.427 e. The Morgan fingerprint density at radius 2 is 1.13 bits per heavy atom. The molecule has 0 aromatic heterocycles. The van der Waals surface area contributed by atoms with Crippen LogP contribution in [0.25, 0.3) is 32.0 Å². The number of allylic oxidation sites excluding steroid dienone is 2. The fraction of sp³-hybridized carbons (Fsp3) is 0.341. The minimum atomic E-state index is -0.687. The summed E-state index contributed by atoms with van der Waals surface area (Å²) in [4.78, 5) is 0. The Balaban J connectivity index is 1.32. The minimum absolute atomic E-state index is 0.604. The molecule has 46 heavy (non-hydrogen) atoms. The molecular formula is C44H46MgSi. The van der Waals surface area contributed by atoms with E-state index in [-0.39, 0.29) is 0 Å². The summed E-state index contributed by atoms with van der Waals surface area (Å²) in [5, 5.41) is 1.79. The topological polar surface area (TPSA) is 0 Å². The lowest BCUT2D eigenvalue weighted by molar-refractivity contribution is 0.399. The molecule has 0 nitrogen and oxygen atoms in total. The SMILES string of the molecule is C[Si](C)=C1C(C2CCCCC2)=[C]([Mg][CH]2C(C3CCCCC3)=Cc3c(-c4ccccc4)cccc32)c2cccc(-c3ccccc3)c21. The van der Waals surface area contributed by atoms with Gasteiger partial charge in [0, 0.05) is 8.41 Å². The predicted octanol–water partition coefficient (Wildman–Crippen LogP) is 11.6. The second-order valence-electron chi connectivity index (χ2n) is 14.6. The van der Waals surface area contributed by atoms with Gasteiger partial charge in [-0.1, -0.05) is 176 Å². The van der Waals surface area contributed by atoms with E-state index >= 15 is 0 Å². The average Bonchev–Trinajstić information content (AvgIpc) is 3.66. The van der Waals surface area contributed by atoms with E-state index in [1.165, 1.54) is 92.0 Å². The van der Waals surface area contributed by atoms with Crippen molar-refractivity contribution in [2.45, 2.75) is 81.3 Å². The number of hydrogen-bond donors (Lipinski definition) is 0. The van der Waals surface area contributed by atoms with Crippen LogP contribution in [0.1, 0.15) is 90.5 Å². The van der Waals surface area contributed by atoms with Gasteiger partial charge in [-0.2, -0.15) is 3.70 Å². The molecule has 0 amide bonds. The van der Waals surface area contributed by atoms with Crippen molar-refractivity contribution in [1.29, 1.82) is 0 Å². The molecule has 0 aliphatic heterocycles. The summed E-state index contributed by atoms with van der Waals surface area (Å²) in [6, 6.07) is 37.0. The average molecular weight is 627 g/mol. The smallest absolute Gasteiger partial charge is 0.161 e. The third kappa shape index (κ3) is 5.59. The van der Waals surface area contributed by atoms with Crippen molar-refractivity contribution in [3.63, 3.8) is 0 Å². The van der Waals surface area contributed by atoms with E-state index in [0.717, 1.165) is 11.8 Å². The second-order valence-corrected chi connectivity index (χ2v) is 19.0. The van der Waals surface area contributed by atoms with Crippen LogP contribution in [0, 0.1) is 11.8 Å². The van der Waals surface area contributed by atoms with Gasteiger partial charge in [0.1, 0.15) is 0 Å². The summed E-state index contributed by atoms with van der Waals surface area (Å²) < 4.78 is 2.44. The van der Waals surface area contributed by atoms with Crippen LogP contribution < -0.4 is 0 Å². The van der Waals surface area contributed by atoms with Crippen molar-refractivity contribution < 1.29 is 0 Å². The fourth-order valence-corrected chi connectivity index (χ4v) is 14.3. The Bertz CT molecular complexity index is 1830. The molecule has 2 fully saturated rings. The zero-order chi connectivity index (χ0) is 31.0. The van der Waals surface area contributed by atoms with E-state index in [9.17, 15) is 0 Å². The summed E-state index contributed by atoms with van der Waals surface area (Å²) in [5.41, 5.74) is 15.7. The number of benzene rings is 4. The monoisotopic (exact) mass is 626 g/mol. The maximum atomic E-state index is 2.71. The Labute approximate surface area is 288 Å². The van der Waals surface area contributed by atoms with Gasteiger partial charge in [-0.25, -0.2) is 0 Å². The van der Waals surface area contributed by atoms with Crippen LogP contribution in [-0.2, 0) is 0 Å². The van der Waals surface area contributed by atoms with Gasteiger partial charge in [0.2, 0.25) is 0 Å². The maximum Gasteiger partial charge on any atom is 0.427 e. The molecule has 2 heteroatoms. The molecule has 4 aliphatic carbocycles. The number of rotatable bonds is 6. The Hall–Kier alpha value is -2.79. The van der Waals surface area contributed by atoms with Gasteiger partial charge in [-0.3, -0.25) is 0 Å². The Morgan fingerprint density at radius 3 is 1.78 bits per heavy atom. The first-order valence-electron chi connectivity index (χ1n) is 18.2. The molecule has 0 spiro atoms. The highest BCUT2D eigenvalue weighted by atomic mass is 28.2. The molecule has 0 heterocycles. The quantitative estimate of drug-likeness (QED) is 0.187. The molecule has 8 rings (SSSR count). The molecule has 1 unspecified atom stereocenters. The fourth-order valence-electron chi connectivity index (χ4n) is 9.58. The lowest BCUT2D eigenvalue weighted by Gasteiger charge is -2.30. The van der Waals surface area contributed by atoms with Crippen LogP contribution in [-0.4, -0.2) is 33.9 Å². The zero-order valence-electron chi connectivity index (χ0n) is 27.8. The van der Waals surface area contributed by atoms with Gasteiger partial charge >= 0.3 is 20.4 Å². The minimum Gasteiger partial charge on any atom is -0.161 e. The molecular weight excluding hydrogens is 581 g/mol. The first-order valence-corrected chi connectivity index (χ1v) is 22.2. The number of fused-ring (bicyclic) bond motifs is 2. The molecule has 4 aromatic carbocycles. The molecule has 0 saturated heterocycles. The van der Waals surface area contributed by atoms with E-state index < -0.39 is 28.8 Å². The van der Waals surface area contributed by atoms with Crippen molar-refractivity contribution in [3.8, 4) is 22.3 Å². The summed E-state index contributed by atoms with van der Waals surface area (Å²) >= 11 is -0.687. The second kappa shape index (κ2) is 13.4. The van der Waals surface area contributed by atoms with Gasteiger partial charge in [0.05, 0.1) is 0 Å². The normalized spacial score (nSPS) is 19.9. The van der Waals surface area contributed by atoms with Gasteiger partial charge in [0.15, 0.2) is 0 Å². The molecule has 0 N–H and O–H groups in total. The van der Waals surface area contributed by atoms with Crippen molar-refractivity contribution in [2.24, 2.45) is 11.8 Å². The van der Waals surface area contributed by atoms with Crippen molar-refractivity contribution in [3.05, 3.63) is 130 Å². The van der Waals surface area contributed by atoms with Crippen LogP contribution >= 0.6 is 0 Å². The highest BCUT2D eigenvalue weighted by Gasteiger charge is 2.39. The molecule has 0 radical (unpaired) electrons. The first-order chi connectivity index (χ1) is 22.7. The van der Waals surface area contributed by atoms with Crippen LogP contribution in [0.15, 0.2) is 108 Å². The Morgan fingerprint density at radius 1 is 0.565 bits per heavy atom. The van der Waals surface area contributed by atoms with Crippen LogP contribution in [0.3, 0.4) is 0 Å². The highest BCUT2D eigenvalue weighted by Crippen LogP contribution is 2.51. The maximum absolute atomic E-state index is 2.71. The molecule has 4 aliphatic rings. The van der Waals surface area contributed by atoms with Crippen molar-refractivity contribution >= 4 is 43.7 Å². The summed E-state index contributed by atoms with van der Waals surface area (Å²) in [6.07, 6.45) is 16.6. The summed E-state index contributed by atoms with van der Waals surface area (Å²) in [7, 11) is -0.684. The van der Waals surface area contributed by atoms with E-state index in [1.807, 2.05) is 9.28 Å². The standard InChI is InChI=1S/C23H25Si.C21H21.Mg/c1-24(2)23-21(18-12-7-4-8-13-18)16-19-14-9-15-20(22(19)23)17-10-5-3-6-11-17;1-3-8-16(9-4-1)19-14-18-12-7-13-20(21(18)15-19)17-10-5-2-6-11-17;/h3,5-6,9-11,14-15,18H,4,7-8,12-13H2,1-2H3;2,5-7,10-16H,1,3-4,8-9H2;. The van der Waals surface area contributed by atoms with Crippen LogP contribution in [0.5, 0.6) is 0 Å². The van der Waals surface area contributed by atoms with Gasteiger partial charge in [-0.15, -0.1) is 0 Å². The van der Waals surface area contributed by atoms with Gasteiger partial charge in [0.25, 0.3) is 0 Å². The van der Waals surface area contributed by atoms with Crippen molar-refractivity contribution in [1.82, 2.24) is 0 Å². The summed E-state index contributed by atoms with van der Waals surface area (Å²) in [5.74, 6) is 1.48. The number of hydrogen-bond acceptors (Lipinski definition) is 0. The van der Waals surface area contributed by atoms with E-state index in [2.05, 4.69) is 116 Å². The lowest BCUT2D eigenvalue weighted by atomic mass is 9.82. The van der Waals surface area contributed by atoms with Gasteiger partial charge < -0.3 is 0 Å². The lowest BCUT2D eigenvalue weighted by Crippen LogP contribution is -2.22. The molecule has 4 aromatic rings. The predicted molar refractivity (Wildman–Crippen MR) is 202 cm³/mol.